The van der Waals surface area contributed by atoms with Crippen molar-refractivity contribution in [3.05, 3.63) is 18.1 Å². The molecule has 2 heterocycles. The molecule has 1 saturated heterocycles. The van der Waals surface area contributed by atoms with Crippen LogP contribution in [-0.4, -0.2) is 35.6 Å². The van der Waals surface area contributed by atoms with E-state index in [2.05, 4.69) is 4.98 Å². The first-order chi connectivity index (χ1) is 8.54. The SMILES string of the molecule is COc1cnc(N2CCC(C(=O)O)C2=O)c(F)c1. The van der Waals surface area contributed by atoms with Gasteiger partial charge < -0.3 is 9.84 Å². The van der Waals surface area contributed by atoms with Gasteiger partial charge in [0.2, 0.25) is 5.91 Å². The number of amides is 1. The number of carboxylic acid groups (broad SMARTS) is 1. The highest BCUT2D eigenvalue weighted by atomic mass is 19.1. The van der Waals surface area contributed by atoms with E-state index in [-0.39, 0.29) is 24.5 Å². The molecule has 0 bridgehead atoms. The van der Waals surface area contributed by atoms with Gasteiger partial charge in [-0.3, -0.25) is 14.5 Å². The number of aliphatic carboxylic acids is 1. The van der Waals surface area contributed by atoms with Crippen molar-refractivity contribution in [3.63, 3.8) is 0 Å². The number of pyridine rings is 1. The first kappa shape index (κ1) is 12.3. The number of rotatable bonds is 3. The third-order valence-electron chi connectivity index (χ3n) is 2.79. The van der Waals surface area contributed by atoms with Crippen LogP contribution in [0.4, 0.5) is 10.2 Å². The molecule has 18 heavy (non-hydrogen) atoms. The van der Waals surface area contributed by atoms with E-state index < -0.39 is 23.6 Å². The van der Waals surface area contributed by atoms with Crippen molar-refractivity contribution < 1.29 is 23.8 Å². The monoisotopic (exact) mass is 254 g/mol. The molecule has 1 atom stereocenters. The molecule has 1 aliphatic heterocycles. The number of carbonyl (C=O) groups is 2. The molecular weight excluding hydrogens is 243 g/mol. The highest BCUT2D eigenvalue weighted by molar-refractivity contribution is 6.07. The molecule has 7 heteroatoms. The molecule has 1 fully saturated rings. The van der Waals surface area contributed by atoms with Crippen molar-refractivity contribution >= 4 is 17.7 Å². The molecular formula is C11H11FN2O4. The normalized spacial score (nSPS) is 19.1. The zero-order valence-electron chi connectivity index (χ0n) is 9.59. The van der Waals surface area contributed by atoms with Gasteiger partial charge in [0.05, 0.1) is 13.3 Å². The Hall–Kier alpha value is -2.18. The lowest BCUT2D eigenvalue weighted by molar-refractivity contribution is -0.144. The molecule has 0 aromatic carbocycles. The van der Waals surface area contributed by atoms with Gasteiger partial charge in [-0.2, -0.15) is 0 Å². The van der Waals surface area contributed by atoms with Crippen LogP contribution in [0.1, 0.15) is 6.42 Å². The first-order valence-corrected chi connectivity index (χ1v) is 5.28. The fourth-order valence-corrected chi connectivity index (χ4v) is 1.84. The predicted molar refractivity (Wildman–Crippen MR) is 58.8 cm³/mol. The summed E-state index contributed by atoms with van der Waals surface area (Å²) in [6, 6.07) is 1.10. The molecule has 0 spiro atoms. The van der Waals surface area contributed by atoms with E-state index >= 15 is 0 Å². The van der Waals surface area contributed by atoms with Crippen LogP contribution >= 0.6 is 0 Å². The van der Waals surface area contributed by atoms with E-state index in [4.69, 9.17) is 9.84 Å². The Kier molecular flexibility index (Phi) is 3.14. The second kappa shape index (κ2) is 4.59. The maximum Gasteiger partial charge on any atom is 0.316 e. The standard InChI is InChI=1S/C11H11FN2O4/c1-18-6-4-8(12)9(13-5-6)14-3-2-7(10(14)15)11(16)17/h4-5,7H,2-3H2,1H3,(H,16,17). The summed E-state index contributed by atoms with van der Waals surface area (Å²) < 4.78 is 18.5. The van der Waals surface area contributed by atoms with E-state index in [0.717, 1.165) is 11.0 Å². The van der Waals surface area contributed by atoms with Gasteiger partial charge in [0, 0.05) is 12.6 Å². The number of ether oxygens (including phenoxy) is 1. The molecule has 0 saturated carbocycles. The lowest BCUT2D eigenvalue weighted by Crippen LogP contribution is -2.31. The zero-order chi connectivity index (χ0) is 13.3. The summed E-state index contributed by atoms with van der Waals surface area (Å²) in [5.41, 5.74) is 0. The second-order valence-electron chi connectivity index (χ2n) is 3.85. The predicted octanol–water partition coefficient (Wildman–Crippen LogP) is 0.667. The van der Waals surface area contributed by atoms with Crippen molar-refractivity contribution in [1.82, 2.24) is 4.98 Å². The smallest absolute Gasteiger partial charge is 0.316 e. The number of methoxy groups -OCH3 is 1. The molecule has 1 aliphatic rings. The van der Waals surface area contributed by atoms with Gasteiger partial charge in [-0.05, 0) is 6.42 Å². The summed E-state index contributed by atoms with van der Waals surface area (Å²) >= 11 is 0. The van der Waals surface area contributed by atoms with Gasteiger partial charge in [0.15, 0.2) is 11.6 Å². The number of halogens is 1. The average molecular weight is 254 g/mol. The average Bonchev–Trinajstić information content (AvgIpc) is 2.71. The fraction of sp³-hybridized carbons (Fsp3) is 0.364. The Bertz CT molecular complexity index is 506. The largest absolute Gasteiger partial charge is 0.495 e. The van der Waals surface area contributed by atoms with Crippen LogP contribution < -0.4 is 9.64 Å². The second-order valence-corrected chi connectivity index (χ2v) is 3.85. The molecule has 1 aromatic rings. The van der Waals surface area contributed by atoms with E-state index in [1.165, 1.54) is 13.3 Å². The van der Waals surface area contributed by atoms with Gasteiger partial charge in [-0.25, -0.2) is 9.37 Å². The maximum atomic E-state index is 13.7. The highest BCUT2D eigenvalue weighted by Gasteiger charge is 2.39. The number of carboxylic acids is 1. The van der Waals surface area contributed by atoms with Crippen LogP contribution in [0.3, 0.4) is 0 Å². The van der Waals surface area contributed by atoms with Gasteiger partial charge in [0.25, 0.3) is 0 Å². The van der Waals surface area contributed by atoms with Crippen LogP contribution in [0.15, 0.2) is 12.3 Å². The van der Waals surface area contributed by atoms with Gasteiger partial charge in [0.1, 0.15) is 11.7 Å². The lowest BCUT2D eigenvalue weighted by Gasteiger charge is -2.15. The van der Waals surface area contributed by atoms with Crippen LogP contribution in [0, 0.1) is 11.7 Å². The quantitative estimate of drug-likeness (QED) is 0.802. The van der Waals surface area contributed by atoms with Gasteiger partial charge in [-0.1, -0.05) is 0 Å². The maximum absolute atomic E-state index is 13.7. The molecule has 96 valence electrons. The molecule has 0 radical (unpaired) electrons. The minimum atomic E-state index is -1.20. The molecule has 1 amide bonds. The lowest BCUT2D eigenvalue weighted by atomic mass is 10.1. The number of hydrogen-bond donors (Lipinski definition) is 1. The van der Waals surface area contributed by atoms with Gasteiger partial charge in [-0.15, -0.1) is 0 Å². The molecule has 6 nitrogen and oxygen atoms in total. The van der Waals surface area contributed by atoms with Crippen LogP contribution in [0.5, 0.6) is 5.75 Å². The van der Waals surface area contributed by atoms with Crippen molar-refractivity contribution in [3.8, 4) is 5.75 Å². The summed E-state index contributed by atoms with van der Waals surface area (Å²) in [6.07, 6.45) is 1.43. The minimum absolute atomic E-state index is 0.145. The third kappa shape index (κ3) is 1.99. The summed E-state index contributed by atoms with van der Waals surface area (Å²) in [7, 11) is 1.37. The highest BCUT2D eigenvalue weighted by Crippen LogP contribution is 2.27. The van der Waals surface area contributed by atoms with Crippen LogP contribution in [0.25, 0.3) is 0 Å². The van der Waals surface area contributed by atoms with Crippen LogP contribution in [-0.2, 0) is 9.59 Å². The van der Waals surface area contributed by atoms with E-state index in [0.29, 0.717) is 0 Å². The van der Waals surface area contributed by atoms with E-state index in [9.17, 15) is 14.0 Å². The third-order valence-corrected chi connectivity index (χ3v) is 2.79. The van der Waals surface area contributed by atoms with Crippen molar-refractivity contribution in [2.24, 2.45) is 5.92 Å². The fourth-order valence-electron chi connectivity index (χ4n) is 1.84. The summed E-state index contributed by atoms with van der Waals surface area (Å²) in [5.74, 6) is -3.60. The molecule has 1 unspecified atom stereocenters. The topological polar surface area (TPSA) is 79.7 Å². The summed E-state index contributed by atoms with van der Waals surface area (Å²) in [6.45, 7) is 0.145. The molecule has 1 aromatic heterocycles. The Balaban J connectivity index is 2.28. The van der Waals surface area contributed by atoms with Crippen molar-refractivity contribution in [1.29, 1.82) is 0 Å². The Morgan fingerprint density at radius 1 is 1.67 bits per heavy atom. The minimum Gasteiger partial charge on any atom is -0.495 e. The number of hydrogen-bond acceptors (Lipinski definition) is 4. The summed E-state index contributed by atoms with van der Waals surface area (Å²) in [4.78, 5) is 27.4. The number of anilines is 1. The zero-order valence-corrected chi connectivity index (χ0v) is 9.59. The Morgan fingerprint density at radius 2 is 2.39 bits per heavy atom. The van der Waals surface area contributed by atoms with Crippen molar-refractivity contribution in [2.75, 3.05) is 18.6 Å². The Morgan fingerprint density at radius 3 is 2.89 bits per heavy atom. The number of aromatic nitrogens is 1. The van der Waals surface area contributed by atoms with Gasteiger partial charge >= 0.3 is 5.97 Å². The number of nitrogens with zero attached hydrogens (tertiary/aromatic N) is 2. The van der Waals surface area contributed by atoms with E-state index in [1.54, 1.807) is 0 Å². The molecule has 2 rings (SSSR count). The first-order valence-electron chi connectivity index (χ1n) is 5.28. The molecule has 0 aliphatic carbocycles. The molecule has 1 N–H and O–H groups in total. The Labute approximate surface area is 102 Å². The van der Waals surface area contributed by atoms with Crippen LogP contribution in [0.2, 0.25) is 0 Å². The number of carbonyl (C=O) groups excluding carboxylic acids is 1. The van der Waals surface area contributed by atoms with E-state index in [1.807, 2.05) is 0 Å². The van der Waals surface area contributed by atoms with Crippen molar-refractivity contribution in [2.45, 2.75) is 6.42 Å². The summed E-state index contributed by atoms with van der Waals surface area (Å²) in [5, 5.41) is 8.82.